The highest BCUT2D eigenvalue weighted by Crippen LogP contribution is 2.15. The van der Waals surface area contributed by atoms with Crippen LogP contribution in [0.2, 0.25) is 0 Å². The molecule has 1 aliphatic heterocycles. The Morgan fingerprint density at radius 1 is 1.41 bits per heavy atom. The second-order valence-electron chi connectivity index (χ2n) is 4.10. The van der Waals surface area contributed by atoms with Crippen LogP contribution < -0.4 is 10.0 Å². The number of hydrogen-bond donors (Lipinski definition) is 3. The smallest absolute Gasteiger partial charge is 0.215 e. The Balaban J connectivity index is 2.01. The van der Waals surface area contributed by atoms with Crippen molar-refractivity contribution >= 4 is 10.0 Å². The van der Waals surface area contributed by atoms with Crippen molar-refractivity contribution in [2.75, 3.05) is 13.1 Å². The van der Waals surface area contributed by atoms with E-state index in [2.05, 4.69) is 30.7 Å². The van der Waals surface area contributed by atoms with Crippen molar-refractivity contribution in [3.05, 3.63) is 5.82 Å². The van der Waals surface area contributed by atoms with E-state index in [1.54, 1.807) is 6.92 Å². The summed E-state index contributed by atoms with van der Waals surface area (Å²) in [6, 6.07) is -0.464. The molecule has 9 heteroatoms. The van der Waals surface area contributed by atoms with Crippen LogP contribution in [0, 0.1) is 0 Å². The van der Waals surface area contributed by atoms with Crippen LogP contribution >= 0.6 is 0 Å². The first kappa shape index (κ1) is 12.4. The highest BCUT2D eigenvalue weighted by molar-refractivity contribution is 7.90. The summed E-state index contributed by atoms with van der Waals surface area (Å²) >= 11 is 0. The van der Waals surface area contributed by atoms with Crippen molar-refractivity contribution in [1.82, 2.24) is 30.7 Å². The number of hydrogen-bond acceptors (Lipinski definition) is 6. The van der Waals surface area contributed by atoms with Gasteiger partial charge in [-0.2, -0.15) is 5.21 Å². The summed E-state index contributed by atoms with van der Waals surface area (Å²) in [5, 5.41) is 16.0. The zero-order chi connectivity index (χ0) is 12.3. The molecule has 0 radical (unpaired) electrons. The molecule has 0 aromatic carbocycles. The summed E-state index contributed by atoms with van der Waals surface area (Å²) in [4.78, 5) is 0. The standard InChI is InChI=1S/C8H16N6O2S/c1-6(8-10-13-14-11-8)12-17(15,16)7-2-4-9-5-3-7/h6-7,9,12H,2-5H2,1H3,(H,10,11,13,14). The summed E-state index contributed by atoms with van der Waals surface area (Å²) in [5.74, 6) is 0.350. The maximum Gasteiger partial charge on any atom is 0.215 e. The van der Waals surface area contributed by atoms with Gasteiger partial charge in [-0.05, 0) is 32.9 Å². The molecule has 0 amide bonds. The SMILES string of the molecule is CC(NS(=O)(=O)C1CCNCC1)c1nn[nH]n1. The normalized spacial score (nSPS) is 20.3. The quantitative estimate of drug-likeness (QED) is 0.635. The molecular formula is C8H16N6O2S. The van der Waals surface area contributed by atoms with E-state index < -0.39 is 16.1 Å². The van der Waals surface area contributed by atoms with Crippen LogP contribution in [0.5, 0.6) is 0 Å². The van der Waals surface area contributed by atoms with Gasteiger partial charge in [-0.15, -0.1) is 10.2 Å². The van der Waals surface area contributed by atoms with Crippen LogP contribution in [0.1, 0.15) is 31.6 Å². The van der Waals surface area contributed by atoms with Crippen LogP contribution in [0.25, 0.3) is 0 Å². The van der Waals surface area contributed by atoms with Gasteiger partial charge in [0, 0.05) is 0 Å². The Kier molecular flexibility index (Phi) is 3.69. The van der Waals surface area contributed by atoms with Gasteiger partial charge in [0.15, 0.2) is 5.82 Å². The molecule has 2 rings (SSSR count). The Bertz CT molecular complexity index is 439. The molecular weight excluding hydrogens is 244 g/mol. The Labute approximate surface area is 99.6 Å². The van der Waals surface area contributed by atoms with E-state index in [1.807, 2.05) is 0 Å². The van der Waals surface area contributed by atoms with Crippen molar-refractivity contribution < 1.29 is 8.42 Å². The van der Waals surface area contributed by atoms with E-state index in [0.29, 0.717) is 18.7 Å². The summed E-state index contributed by atoms with van der Waals surface area (Å²) in [7, 11) is -3.32. The second-order valence-corrected chi connectivity index (χ2v) is 6.10. The molecule has 17 heavy (non-hydrogen) atoms. The highest BCUT2D eigenvalue weighted by Gasteiger charge is 2.29. The largest absolute Gasteiger partial charge is 0.317 e. The lowest BCUT2D eigenvalue weighted by Crippen LogP contribution is -2.42. The molecule has 0 aliphatic carbocycles. The van der Waals surface area contributed by atoms with Gasteiger partial charge < -0.3 is 5.32 Å². The molecule has 1 atom stereocenters. The minimum absolute atomic E-state index is 0.335. The van der Waals surface area contributed by atoms with Gasteiger partial charge in [0.2, 0.25) is 10.0 Å². The van der Waals surface area contributed by atoms with Crippen molar-refractivity contribution in [2.45, 2.75) is 31.1 Å². The van der Waals surface area contributed by atoms with Crippen LogP contribution in [-0.2, 0) is 10.0 Å². The molecule has 1 fully saturated rings. The number of nitrogens with one attached hydrogen (secondary N) is 3. The summed E-state index contributed by atoms with van der Waals surface area (Å²) < 4.78 is 26.7. The van der Waals surface area contributed by atoms with E-state index in [-0.39, 0.29) is 5.25 Å². The fraction of sp³-hybridized carbons (Fsp3) is 0.875. The van der Waals surface area contributed by atoms with Crippen molar-refractivity contribution in [3.8, 4) is 0 Å². The molecule has 0 saturated carbocycles. The molecule has 1 aliphatic rings. The van der Waals surface area contributed by atoms with E-state index in [4.69, 9.17) is 0 Å². The van der Waals surface area contributed by atoms with Crippen molar-refractivity contribution in [1.29, 1.82) is 0 Å². The molecule has 2 heterocycles. The minimum Gasteiger partial charge on any atom is -0.317 e. The highest BCUT2D eigenvalue weighted by atomic mass is 32.2. The van der Waals surface area contributed by atoms with Crippen LogP contribution in [0.4, 0.5) is 0 Å². The number of nitrogens with zero attached hydrogens (tertiary/aromatic N) is 3. The number of rotatable bonds is 4. The molecule has 1 saturated heterocycles. The van der Waals surface area contributed by atoms with Gasteiger partial charge in [-0.1, -0.05) is 5.21 Å². The fourth-order valence-electron chi connectivity index (χ4n) is 1.85. The minimum atomic E-state index is -3.32. The topological polar surface area (TPSA) is 113 Å². The first-order chi connectivity index (χ1) is 8.09. The lowest BCUT2D eigenvalue weighted by atomic mass is 10.2. The van der Waals surface area contributed by atoms with Gasteiger partial charge in [0.05, 0.1) is 11.3 Å². The number of H-pyrrole nitrogens is 1. The summed E-state index contributed by atoms with van der Waals surface area (Å²) in [5.41, 5.74) is 0. The van der Waals surface area contributed by atoms with Crippen molar-refractivity contribution in [3.63, 3.8) is 0 Å². The number of piperidine rings is 1. The first-order valence-corrected chi connectivity index (χ1v) is 7.09. The van der Waals surface area contributed by atoms with Gasteiger partial charge >= 0.3 is 0 Å². The second kappa shape index (κ2) is 5.07. The predicted octanol–water partition coefficient (Wildman–Crippen LogP) is -1.07. The molecule has 1 unspecified atom stereocenters. The Hall–Kier alpha value is -1.06. The van der Waals surface area contributed by atoms with E-state index in [9.17, 15) is 8.42 Å². The van der Waals surface area contributed by atoms with Gasteiger partial charge in [0.25, 0.3) is 0 Å². The summed E-state index contributed by atoms with van der Waals surface area (Å²) in [6.07, 6.45) is 1.27. The third-order valence-corrected chi connectivity index (χ3v) is 4.85. The molecule has 3 N–H and O–H groups in total. The Morgan fingerprint density at radius 3 is 2.71 bits per heavy atom. The fourth-order valence-corrected chi connectivity index (χ4v) is 3.50. The molecule has 8 nitrogen and oxygen atoms in total. The number of tetrazole rings is 1. The summed E-state index contributed by atoms with van der Waals surface area (Å²) in [6.45, 7) is 3.17. The number of aromatic nitrogens is 4. The van der Waals surface area contributed by atoms with E-state index in [0.717, 1.165) is 13.1 Å². The van der Waals surface area contributed by atoms with Gasteiger partial charge in [-0.3, -0.25) is 0 Å². The molecule has 1 aromatic heterocycles. The third kappa shape index (κ3) is 2.99. The number of sulfonamides is 1. The molecule has 0 spiro atoms. The third-order valence-electron chi connectivity index (χ3n) is 2.82. The van der Waals surface area contributed by atoms with Gasteiger partial charge in [-0.25, -0.2) is 13.1 Å². The zero-order valence-electron chi connectivity index (χ0n) is 9.55. The Morgan fingerprint density at radius 2 is 2.12 bits per heavy atom. The van der Waals surface area contributed by atoms with Gasteiger partial charge in [0.1, 0.15) is 0 Å². The maximum atomic E-state index is 12.1. The average molecular weight is 260 g/mol. The lowest BCUT2D eigenvalue weighted by molar-refractivity contribution is 0.482. The zero-order valence-corrected chi connectivity index (χ0v) is 10.4. The maximum absolute atomic E-state index is 12.1. The lowest BCUT2D eigenvalue weighted by Gasteiger charge is -2.24. The molecule has 1 aromatic rings. The molecule has 96 valence electrons. The predicted molar refractivity (Wildman–Crippen MR) is 60.5 cm³/mol. The van der Waals surface area contributed by atoms with Crippen molar-refractivity contribution in [2.24, 2.45) is 0 Å². The monoisotopic (exact) mass is 260 g/mol. The average Bonchev–Trinajstić information content (AvgIpc) is 2.83. The molecule has 0 bridgehead atoms. The van der Waals surface area contributed by atoms with E-state index >= 15 is 0 Å². The van der Waals surface area contributed by atoms with Crippen LogP contribution in [0.15, 0.2) is 0 Å². The number of aromatic amines is 1. The van der Waals surface area contributed by atoms with Crippen LogP contribution in [0.3, 0.4) is 0 Å². The van der Waals surface area contributed by atoms with E-state index in [1.165, 1.54) is 0 Å². The first-order valence-electron chi connectivity index (χ1n) is 5.55. The van der Waals surface area contributed by atoms with Crippen LogP contribution in [-0.4, -0.2) is 47.4 Å².